The Kier molecular flexibility index (Phi) is 3.56. The van der Waals surface area contributed by atoms with Gasteiger partial charge in [0, 0.05) is 12.6 Å². The highest BCUT2D eigenvalue weighted by molar-refractivity contribution is 5.23. The first-order valence-corrected chi connectivity index (χ1v) is 5.88. The van der Waals surface area contributed by atoms with E-state index in [9.17, 15) is 4.39 Å². The number of hydrogen-bond donors (Lipinski definition) is 1. The SMILES string of the molecule is Cc1cc(CN2CCC(N)CC2)ccc1F. The van der Waals surface area contributed by atoms with Crippen LogP contribution in [0.3, 0.4) is 0 Å². The van der Waals surface area contributed by atoms with Crippen molar-refractivity contribution in [2.45, 2.75) is 32.4 Å². The lowest BCUT2D eigenvalue weighted by atomic mass is 10.0. The third kappa shape index (κ3) is 2.80. The van der Waals surface area contributed by atoms with E-state index < -0.39 is 0 Å². The lowest BCUT2D eigenvalue weighted by Crippen LogP contribution is -2.39. The van der Waals surface area contributed by atoms with Crippen LogP contribution in [0.1, 0.15) is 24.0 Å². The van der Waals surface area contributed by atoms with Crippen molar-refractivity contribution in [2.75, 3.05) is 13.1 Å². The molecule has 1 aromatic carbocycles. The summed E-state index contributed by atoms with van der Waals surface area (Å²) >= 11 is 0. The third-order valence-electron chi connectivity index (χ3n) is 3.26. The first kappa shape index (κ1) is 11.6. The topological polar surface area (TPSA) is 29.3 Å². The normalized spacial score (nSPS) is 18.9. The van der Waals surface area contributed by atoms with Crippen LogP contribution in [0, 0.1) is 12.7 Å². The molecule has 2 N–H and O–H groups in total. The van der Waals surface area contributed by atoms with Gasteiger partial charge in [0.25, 0.3) is 0 Å². The highest BCUT2D eigenvalue weighted by atomic mass is 19.1. The Morgan fingerprint density at radius 2 is 2.06 bits per heavy atom. The Hall–Kier alpha value is -0.930. The van der Waals surface area contributed by atoms with Crippen molar-refractivity contribution in [1.82, 2.24) is 4.90 Å². The molecule has 1 heterocycles. The van der Waals surface area contributed by atoms with Crippen molar-refractivity contribution >= 4 is 0 Å². The van der Waals surface area contributed by atoms with Gasteiger partial charge in [-0.25, -0.2) is 4.39 Å². The molecule has 0 amide bonds. The molecule has 0 spiro atoms. The van der Waals surface area contributed by atoms with Crippen molar-refractivity contribution in [3.05, 3.63) is 35.1 Å². The molecule has 1 fully saturated rings. The molecule has 0 atom stereocenters. The van der Waals surface area contributed by atoms with E-state index in [2.05, 4.69) is 4.90 Å². The number of halogens is 1. The molecule has 0 bridgehead atoms. The molecule has 0 radical (unpaired) electrons. The van der Waals surface area contributed by atoms with E-state index in [1.165, 1.54) is 5.56 Å². The molecule has 0 unspecified atom stereocenters. The maximum atomic E-state index is 13.1. The first-order valence-electron chi connectivity index (χ1n) is 5.88. The van der Waals surface area contributed by atoms with Crippen molar-refractivity contribution in [2.24, 2.45) is 5.73 Å². The summed E-state index contributed by atoms with van der Waals surface area (Å²) in [4.78, 5) is 2.38. The Balaban J connectivity index is 1.96. The summed E-state index contributed by atoms with van der Waals surface area (Å²) in [5.74, 6) is -0.121. The summed E-state index contributed by atoms with van der Waals surface area (Å²) in [6.45, 7) is 4.83. The molecule has 2 rings (SSSR count). The summed E-state index contributed by atoms with van der Waals surface area (Å²) in [6, 6.07) is 5.73. The molecular weight excluding hydrogens is 203 g/mol. The maximum Gasteiger partial charge on any atom is 0.126 e. The van der Waals surface area contributed by atoms with Gasteiger partial charge in [-0.15, -0.1) is 0 Å². The summed E-state index contributed by atoms with van der Waals surface area (Å²) in [6.07, 6.45) is 2.14. The van der Waals surface area contributed by atoms with E-state index in [0.717, 1.165) is 38.0 Å². The molecule has 16 heavy (non-hydrogen) atoms. The van der Waals surface area contributed by atoms with E-state index in [1.54, 1.807) is 6.07 Å². The number of aryl methyl sites for hydroxylation is 1. The number of nitrogens with zero attached hydrogens (tertiary/aromatic N) is 1. The van der Waals surface area contributed by atoms with Gasteiger partial charge in [0.2, 0.25) is 0 Å². The molecule has 0 aromatic heterocycles. The number of nitrogens with two attached hydrogens (primary N) is 1. The second-order valence-corrected chi connectivity index (χ2v) is 4.70. The van der Waals surface area contributed by atoms with Gasteiger partial charge in [-0.05, 0) is 50.0 Å². The fraction of sp³-hybridized carbons (Fsp3) is 0.538. The Morgan fingerprint density at radius 1 is 1.38 bits per heavy atom. The van der Waals surface area contributed by atoms with Gasteiger partial charge in [-0.1, -0.05) is 12.1 Å². The molecular formula is C13H19FN2. The minimum Gasteiger partial charge on any atom is -0.328 e. The predicted octanol–water partition coefficient (Wildman–Crippen LogP) is 2.06. The summed E-state index contributed by atoms with van der Waals surface area (Å²) < 4.78 is 13.1. The van der Waals surface area contributed by atoms with Gasteiger partial charge in [-0.2, -0.15) is 0 Å². The summed E-state index contributed by atoms with van der Waals surface area (Å²) in [7, 11) is 0. The number of rotatable bonds is 2. The molecule has 2 nitrogen and oxygen atoms in total. The molecule has 88 valence electrons. The van der Waals surface area contributed by atoms with Gasteiger partial charge in [0.15, 0.2) is 0 Å². The van der Waals surface area contributed by atoms with E-state index in [-0.39, 0.29) is 5.82 Å². The van der Waals surface area contributed by atoms with E-state index >= 15 is 0 Å². The second kappa shape index (κ2) is 4.93. The van der Waals surface area contributed by atoms with Crippen LogP contribution >= 0.6 is 0 Å². The van der Waals surface area contributed by atoms with Crippen LogP contribution in [0.25, 0.3) is 0 Å². The van der Waals surface area contributed by atoms with Crippen LogP contribution < -0.4 is 5.73 Å². The molecule has 1 aromatic rings. The number of hydrogen-bond acceptors (Lipinski definition) is 2. The Morgan fingerprint density at radius 3 is 2.69 bits per heavy atom. The summed E-state index contributed by atoms with van der Waals surface area (Å²) in [5.41, 5.74) is 7.78. The lowest BCUT2D eigenvalue weighted by molar-refractivity contribution is 0.205. The highest BCUT2D eigenvalue weighted by Crippen LogP contribution is 2.15. The fourth-order valence-corrected chi connectivity index (χ4v) is 2.17. The van der Waals surface area contributed by atoms with Crippen molar-refractivity contribution in [3.63, 3.8) is 0 Å². The minimum absolute atomic E-state index is 0.121. The standard InChI is InChI=1S/C13H19FN2/c1-10-8-11(2-3-13(10)14)9-16-6-4-12(15)5-7-16/h2-3,8,12H,4-7,9,15H2,1H3. The van der Waals surface area contributed by atoms with Crippen molar-refractivity contribution in [1.29, 1.82) is 0 Å². The lowest BCUT2D eigenvalue weighted by Gasteiger charge is -2.30. The molecule has 0 aliphatic carbocycles. The maximum absolute atomic E-state index is 13.1. The quantitative estimate of drug-likeness (QED) is 0.830. The first-order chi connectivity index (χ1) is 7.65. The van der Waals surface area contributed by atoms with Gasteiger partial charge in [-0.3, -0.25) is 4.90 Å². The van der Waals surface area contributed by atoms with E-state index in [1.807, 2.05) is 19.1 Å². The second-order valence-electron chi connectivity index (χ2n) is 4.70. The average Bonchev–Trinajstić information content (AvgIpc) is 2.27. The molecule has 3 heteroatoms. The highest BCUT2D eigenvalue weighted by Gasteiger charge is 2.15. The molecule has 1 aliphatic heterocycles. The zero-order valence-electron chi connectivity index (χ0n) is 9.75. The van der Waals surface area contributed by atoms with Crippen molar-refractivity contribution in [3.8, 4) is 0 Å². The van der Waals surface area contributed by atoms with Crippen LogP contribution in [-0.2, 0) is 6.54 Å². The van der Waals surface area contributed by atoms with Crippen LogP contribution in [0.4, 0.5) is 4.39 Å². The molecule has 0 saturated carbocycles. The number of benzene rings is 1. The minimum atomic E-state index is -0.121. The third-order valence-corrected chi connectivity index (χ3v) is 3.26. The van der Waals surface area contributed by atoms with Crippen LogP contribution in [0.2, 0.25) is 0 Å². The monoisotopic (exact) mass is 222 g/mol. The van der Waals surface area contributed by atoms with Crippen LogP contribution in [0.15, 0.2) is 18.2 Å². The van der Waals surface area contributed by atoms with E-state index in [4.69, 9.17) is 5.73 Å². The Labute approximate surface area is 96.2 Å². The zero-order chi connectivity index (χ0) is 11.5. The average molecular weight is 222 g/mol. The van der Waals surface area contributed by atoms with Gasteiger partial charge in [0.1, 0.15) is 5.82 Å². The van der Waals surface area contributed by atoms with Crippen LogP contribution in [0.5, 0.6) is 0 Å². The molecule has 1 aliphatic rings. The number of piperidine rings is 1. The largest absolute Gasteiger partial charge is 0.328 e. The summed E-state index contributed by atoms with van der Waals surface area (Å²) in [5, 5.41) is 0. The van der Waals surface area contributed by atoms with E-state index in [0.29, 0.717) is 6.04 Å². The van der Waals surface area contributed by atoms with Gasteiger partial charge >= 0.3 is 0 Å². The zero-order valence-corrected chi connectivity index (χ0v) is 9.75. The van der Waals surface area contributed by atoms with Gasteiger partial charge < -0.3 is 5.73 Å². The molecule has 1 saturated heterocycles. The Bertz CT molecular complexity index is 357. The number of likely N-dealkylation sites (tertiary alicyclic amines) is 1. The van der Waals surface area contributed by atoms with Crippen LogP contribution in [-0.4, -0.2) is 24.0 Å². The van der Waals surface area contributed by atoms with Crippen molar-refractivity contribution < 1.29 is 4.39 Å². The van der Waals surface area contributed by atoms with Gasteiger partial charge in [0.05, 0.1) is 0 Å². The fourth-order valence-electron chi connectivity index (χ4n) is 2.17. The predicted molar refractivity (Wildman–Crippen MR) is 63.6 cm³/mol. The smallest absolute Gasteiger partial charge is 0.126 e.